The summed E-state index contributed by atoms with van der Waals surface area (Å²) < 4.78 is 20.5. The predicted octanol–water partition coefficient (Wildman–Crippen LogP) is 15.8. The first-order valence-corrected chi connectivity index (χ1v) is 26.5. The second-order valence-electron chi connectivity index (χ2n) is 15.7. The van der Waals surface area contributed by atoms with E-state index < -0.39 is 8.80 Å². The van der Waals surface area contributed by atoms with Crippen LogP contribution in [0, 0.1) is 0 Å². The summed E-state index contributed by atoms with van der Waals surface area (Å²) in [7, 11) is -2.82. The van der Waals surface area contributed by atoms with Crippen LogP contribution < -0.4 is 0 Å². The molecule has 2 atom stereocenters. The van der Waals surface area contributed by atoms with E-state index >= 15 is 0 Å². The van der Waals surface area contributed by atoms with Crippen molar-refractivity contribution >= 4 is 46.7 Å². The summed E-state index contributed by atoms with van der Waals surface area (Å²) in [5.74, 6) is 0.945. The molecule has 0 bridgehead atoms. The quantitative estimate of drug-likeness (QED) is 0.0326. The first kappa shape index (κ1) is 52.1. The Balaban J connectivity index is 5.06. The van der Waals surface area contributed by atoms with Crippen LogP contribution in [-0.4, -0.2) is 44.9 Å². The van der Waals surface area contributed by atoms with Gasteiger partial charge in [0, 0.05) is 36.4 Å². The van der Waals surface area contributed by atoms with Crippen LogP contribution in [0.5, 0.6) is 0 Å². The molecule has 0 aromatic rings. The SMILES string of the molecule is CCCCCCCCCCCCO[Si](CCC(S)C(S)CCCCS)(OCCCCCCCCCCCC)OCCCCCCCCCCCC. The van der Waals surface area contributed by atoms with Gasteiger partial charge in [-0.1, -0.05) is 201 Å². The Morgan fingerprint density at radius 1 is 0.353 bits per heavy atom. The molecule has 51 heavy (non-hydrogen) atoms. The fourth-order valence-corrected chi connectivity index (χ4v) is 10.8. The second-order valence-corrected chi connectivity index (χ2v) is 20.2. The lowest BCUT2D eigenvalue weighted by atomic mass is 10.1. The largest absolute Gasteiger partial charge is 0.500 e. The number of thiol groups is 3. The van der Waals surface area contributed by atoms with E-state index in [9.17, 15) is 0 Å². The van der Waals surface area contributed by atoms with E-state index in [2.05, 4.69) is 33.4 Å². The van der Waals surface area contributed by atoms with Gasteiger partial charge >= 0.3 is 8.80 Å². The Morgan fingerprint density at radius 2 is 0.627 bits per heavy atom. The lowest BCUT2D eigenvalue weighted by Crippen LogP contribution is -2.47. The molecule has 0 saturated carbocycles. The van der Waals surface area contributed by atoms with Gasteiger partial charge in [-0.15, -0.1) is 0 Å². The number of hydrogen-bond donors (Lipinski definition) is 3. The van der Waals surface area contributed by atoms with E-state index in [1.807, 2.05) is 0 Å². The van der Waals surface area contributed by atoms with Crippen molar-refractivity contribution in [1.29, 1.82) is 0 Å². The lowest BCUT2D eigenvalue weighted by molar-refractivity contribution is 0.0547. The number of hydrogen-bond acceptors (Lipinski definition) is 6. The zero-order valence-corrected chi connectivity index (χ0v) is 38.5. The fourth-order valence-electron chi connectivity index (χ4n) is 6.97. The van der Waals surface area contributed by atoms with Gasteiger partial charge < -0.3 is 13.3 Å². The van der Waals surface area contributed by atoms with E-state index in [1.165, 1.54) is 173 Å². The van der Waals surface area contributed by atoms with Crippen LogP contribution in [0.1, 0.15) is 239 Å². The van der Waals surface area contributed by atoms with E-state index in [0.29, 0.717) is 0 Å². The monoisotopic (exact) mass is 793 g/mol. The van der Waals surface area contributed by atoms with Gasteiger partial charge in [0.2, 0.25) is 0 Å². The van der Waals surface area contributed by atoms with Crippen molar-refractivity contribution in [2.75, 3.05) is 25.6 Å². The summed E-state index contributed by atoms with van der Waals surface area (Å²) in [4.78, 5) is 0. The Morgan fingerprint density at radius 3 is 0.922 bits per heavy atom. The average molecular weight is 794 g/mol. The van der Waals surface area contributed by atoms with E-state index in [4.69, 9.17) is 38.5 Å². The van der Waals surface area contributed by atoms with E-state index in [0.717, 1.165) is 76.6 Å². The molecule has 2 unspecified atom stereocenters. The van der Waals surface area contributed by atoms with Crippen molar-refractivity contribution in [3.05, 3.63) is 0 Å². The third-order valence-electron chi connectivity index (χ3n) is 10.6. The molecule has 0 saturated heterocycles. The maximum atomic E-state index is 6.84. The summed E-state index contributed by atoms with van der Waals surface area (Å²) in [5, 5.41) is 0.508. The molecular weight excluding hydrogens is 701 g/mol. The number of rotatable bonds is 44. The second kappa shape index (κ2) is 42.3. The molecule has 0 fully saturated rings. The van der Waals surface area contributed by atoms with Gasteiger partial charge in [-0.25, -0.2) is 0 Å². The first-order chi connectivity index (χ1) is 25.0. The third-order valence-corrected chi connectivity index (χ3v) is 15.2. The Hall–Kier alpha value is 1.15. The highest BCUT2D eigenvalue weighted by Crippen LogP contribution is 2.27. The Labute approximate surface area is 339 Å². The number of unbranched alkanes of at least 4 members (excludes halogenated alkanes) is 28. The zero-order chi connectivity index (χ0) is 37.4. The molecule has 0 aromatic carbocycles. The standard InChI is InChI=1S/C44H92O3S3Si/c1-4-7-10-13-16-19-22-25-28-32-38-45-51(42-37-44(50)43(49)36-31-35-41-48,46-39-33-29-26-23-20-17-14-11-8-5-2)47-40-34-30-27-24-21-18-15-12-9-6-3/h43-44,48-50H,4-42H2,1-3H3. The average Bonchev–Trinajstić information content (AvgIpc) is 3.14. The summed E-state index contributed by atoms with van der Waals surface area (Å²) >= 11 is 14.4. The molecule has 0 spiro atoms. The van der Waals surface area contributed by atoms with E-state index in [-0.39, 0.29) is 10.5 Å². The molecular formula is C44H92O3S3Si. The van der Waals surface area contributed by atoms with Gasteiger partial charge in [-0.2, -0.15) is 37.9 Å². The van der Waals surface area contributed by atoms with Crippen molar-refractivity contribution in [3.8, 4) is 0 Å². The molecule has 0 rings (SSSR count). The topological polar surface area (TPSA) is 27.7 Å². The maximum absolute atomic E-state index is 6.84. The van der Waals surface area contributed by atoms with Crippen LogP contribution >= 0.6 is 37.9 Å². The summed E-state index contributed by atoms with van der Waals surface area (Å²) in [6.45, 7) is 9.19. The summed E-state index contributed by atoms with van der Waals surface area (Å²) in [6, 6.07) is 0.859. The highest BCUT2D eigenvalue weighted by Gasteiger charge is 2.41. The molecule has 0 N–H and O–H groups in total. The van der Waals surface area contributed by atoms with Gasteiger partial charge in [-0.05, 0) is 44.3 Å². The minimum atomic E-state index is -2.82. The highest BCUT2D eigenvalue weighted by atomic mass is 32.1. The van der Waals surface area contributed by atoms with Crippen LogP contribution in [0.2, 0.25) is 6.04 Å². The molecule has 0 aliphatic carbocycles. The van der Waals surface area contributed by atoms with Crippen LogP contribution in [0.15, 0.2) is 0 Å². The van der Waals surface area contributed by atoms with Crippen LogP contribution in [-0.2, 0) is 13.3 Å². The normalized spacial score (nSPS) is 13.3. The third kappa shape index (κ3) is 36.5. The van der Waals surface area contributed by atoms with E-state index in [1.54, 1.807) is 0 Å². The molecule has 0 heterocycles. The van der Waals surface area contributed by atoms with Gasteiger partial charge in [0.1, 0.15) is 0 Å². The van der Waals surface area contributed by atoms with Gasteiger partial charge in [0.25, 0.3) is 0 Å². The molecule has 0 aliphatic heterocycles. The highest BCUT2D eigenvalue weighted by molar-refractivity contribution is 7.85. The Kier molecular flexibility index (Phi) is 43.2. The minimum Gasteiger partial charge on any atom is -0.373 e. The van der Waals surface area contributed by atoms with Crippen molar-refractivity contribution in [3.63, 3.8) is 0 Å². The van der Waals surface area contributed by atoms with Gasteiger partial charge in [-0.3, -0.25) is 0 Å². The van der Waals surface area contributed by atoms with Crippen LogP contribution in [0.25, 0.3) is 0 Å². The smallest absolute Gasteiger partial charge is 0.373 e. The van der Waals surface area contributed by atoms with Crippen molar-refractivity contribution in [2.24, 2.45) is 0 Å². The fraction of sp³-hybridized carbons (Fsp3) is 1.00. The maximum Gasteiger partial charge on any atom is 0.500 e. The summed E-state index contributed by atoms with van der Waals surface area (Å²) in [6.07, 6.45) is 44.4. The molecule has 0 amide bonds. The molecule has 0 aromatic heterocycles. The molecule has 0 aliphatic rings. The zero-order valence-electron chi connectivity index (χ0n) is 34.8. The summed E-state index contributed by atoms with van der Waals surface area (Å²) in [5.41, 5.74) is 0. The molecule has 3 nitrogen and oxygen atoms in total. The Bertz CT molecular complexity index is 595. The first-order valence-electron chi connectivity index (χ1n) is 22.9. The predicted molar refractivity (Wildman–Crippen MR) is 242 cm³/mol. The lowest BCUT2D eigenvalue weighted by Gasteiger charge is -2.31. The van der Waals surface area contributed by atoms with Crippen LogP contribution in [0.3, 0.4) is 0 Å². The molecule has 308 valence electrons. The van der Waals surface area contributed by atoms with Crippen molar-refractivity contribution in [1.82, 2.24) is 0 Å². The molecule has 7 heteroatoms. The van der Waals surface area contributed by atoms with Crippen LogP contribution in [0.4, 0.5) is 0 Å². The molecule has 0 radical (unpaired) electrons. The van der Waals surface area contributed by atoms with Crippen molar-refractivity contribution < 1.29 is 13.3 Å². The van der Waals surface area contributed by atoms with Crippen molar-refractivity contribution in [2.45, 2.75) is 256 Å². The minimum absolute atomic E-state index is 0.225. The van der Waals surface area contributed by atoms with Gasteiger partial charge in [0.15, 0.2) is 0 Å². The van der Waals surface area contributed by atoms with Gasteiger partial charge in [0.05, 0.1) is 0 Å².